The molecule has 0 heterocycles. The Balaban J connectivity index is 1.52. The van der Waals surface area contributed by atoms with E-state index in [1.54, 1.807) is 23.5 Å². The van der Waals surface area contributed by atoms with Gasteiger partial charge in [0, 0.05) is 15.8 Å². The third kappa shape index (κ3) is 8.44. The van der Waals surface area contributed by atoms with E-state index >= 15 is 0 Å². The maximum absolute atomic E-state index is 6.18. The van der Waals surface area contributed by atoms with E-state index in [-0.39, 0.29) is 6.04 Å². The summed E-state index contributed by atoms with van der Waals surface area (Å²) in [4.78, 5) is 2.55. The molecule has 2 aromatic carbocycles. The molecule has 126 valence electrons. The van der Waals surface area contributed by atoms with Gasteiger partial charge >= 0.3 is 0 Å². The van der Waals surface area contributed by atoms with Crippen LogP contribution < -0.4 is 5.73 Å². The first-order valence-electron chi connectivity index (χ1n) is 8.33. The van der Waals surface area contributed by atoms with Crippen molar-refractivity contribution in [2.45, 2.75) is 41.5 Å². The Kier molecular flexibility index (Phi) is 9.47. The second kappa shape index (κ2) is 12.0. The van der Waals surface area contributed by atoms with E-state index in [0.717, 1.165) is 25.7 Å². The van der Waals surface area contributed by atoms with Crippen LogP contribution in [-0.4, -0.2) is 6.04 Å². The number of allylic oxidation sites excluding steroid dienone is 2. The van der Waals surface area contributed by atoms with Gasteiger partial charge in [-0.2, -0.15) is 0 Å². The number of rotatable bonds is 10. The molecule has 0 spiro atoms. The van der Waals surface area contributed by atoms with Crippen molar-refractivity contribution in [2.75, 3.05) is 0 Å². The van der Waals surface area contributed by atoms with Crippen molar-refractivity contribution in [3.05, 3.63) is 83.6 Å². The van der Waals surface area contributed by atoms with Gasteiger partial charge in [0.05, 0.1) is 0 Å². The Morgan fingerprint density at radius 3 is 1.54 bits per heavy atom. The largest absolute Gasteiger partial charge is 0.328 e. The van der Waals surface area contributed by atoms with Crippen LogP contribution in [0.15, 0.2) is 93.4 Å². The monoisotopic (exact) mass is 355 g/mol. The highest BCUT2D eigenvalue weighted by Crippen LogP contribution is 2.19. The Bertz CT molecular complexity index is 553. The maximum Gasteiger partial charge on any atom is 0.0116 e. The molecule has 0 fully saturated rings. The van der Waals surface area contributed by atoms with Gasteiger partial charge in [-0.05, 0) is 60.8 Å². The molecule has 0 aliphatic heterocycles. The Labute approximate surface area is 154 Å². The molecule has 3 heteroatoms. The van der Waals surface area contributed by atoms with Gasteiger partial charge in [-0.25, -0.2) is 0 Å². The van der Waals surface area contributed by atoms with E-state index in [1.165, 1.54) is 9.79 Å². The van der Waals surface area contributed by atoms with Crippen molar-refractivity contribution >= 4 is 23.5 Å². The molecular formula is C21H25NS2. The fourth-order valence-electron chi connectivity index (χ4n) is 2.15. The summed E-state index contributed by atoms with van der Waals surface area (Å²) in [6, 6.07) is 21.1. The summed E-state index contributed by atoms with van der Waals surface area (Å²) >= 11 is 3.52. The fraction of sp³-hybridized carbons (Fsp3) is 0.238. The molecule has 1 nitrogen and oxygen atoms in total. The van der Waals surface area contributed by atoms with E-state index in [4.69, 9.17) is 5.73 Å². The average Bonchev–Trinajstić information content (AvgIpc) is 2.63. The lowest BCUT2D eigenvalue weighted by Crippen LogP contribution is -2.18. The molecule has 2 N–H and O–H groups in total. The Morgan fingerprint density at radius 1 is 0.708 bits per heavy atom. The van der Waals surface area contributed by atoms with Crippen LogP contribution >= 0.6 is 23.5 Å². The van der Waals surface area contributed by atoms with Crippen molar-refractivity contribution in [1.29, 1.82) is 0 Å². The quantitative estimate of drug-likeness (QED) is 0.493. The Hall–Kier alpha value is -1.42. The van der Waals surface area contributed by atoms with Crippen molar-refractivity contribution in [1.82, 2.24) is 0 Å². The molecular weight excluding hydrogens is 330 g/mol. The summed E-state index contributed by atoms with van der Waals surface area (Å²) in [7, 11) is 0. The first-order chi connectivity index (χ1) is 11.8. The average molecular weight is 356 g/mol. The molecule has 2 rings (SSSR count). The Morgan fingerprint density at radius 2 is 1.12 bits per heavy atom. The van der Waals surface area contributed by atoms with Gasteiger partial charge in [0.1, 0.15) is 0 Å². The topological polar surface area (TPSA) is 26.0 Å². The summed E-state index contributed by atoms with van der Waals surface area (Å²) in [6.45, 7) is 0. The van der Waals surface area contributed by atoms with Crippen LogP contribution in [0.5, 0.6) is 0 Å². The lowest BCUT2D eigenvalue weighted by molar-refractivity contribution is 0.580. The van der Waals surface area contributed by atoms with Crippen molar-refractivity contribution < 1.29 is 0 Å². The number of nitrogens with two attached hydrogens (primary N) is 1. The van der Waals surface area contributed by atoms with E-state index in [2.05, 4.69) is 71.5 Å². The van der Waals surface area contributed by atoms with Gasteiger partial charge in [-0.1, -0.05) is 72.1 Å². The smallest absolute Gasteiger partial charge is 0.0116 e. The van der Waals surface area contributed by atoms with Crippen LogP contribution in [0.25, 0.3) is 0 Å². The van der Waals surface area contributed by atoms with Gasteiger partial charge in [-0.3, -0.25) is 0 Å². The van der Waals surface area contributed by atoms with Crippen molar-refractivity contribution in [3.8, 4) is 0 Å². The molecule has 0 unspecified atom stereocenters. The van der Waals surface area contributed by atoms with Gasteiger partial charge in [0.25, 0.3) is 0 Å². The highest BCUT2D eigenvalue weighted by molar-refractivity contribution is 8.02. The summed E-state index contributed by atoms with van der Waals surface area (Å²) < 4.78 is 0. The summed E-state index contributed by atoms with van der Waals surface area (Å²) in [5.41, 5.74) is 6.18. The molecule has 0 saturated carbocycles. The summed E-state index contributed by atoms with van der Waals surface area (Å²) in [6.07, 6.45) is 8.63. The molecule has 0 bridgehead atoms. The first kappa shape index (κ1) is 18.9. The molecule has 0 aliphatic rings. The molecule has 2 aromatic rings. The predicted molar refractivity (Wildman–Crippen MR) is 109 cm³/mol. The second-order valence-corrected chi connectivity index (χ2v) is 7.48. The molecule has 0 saturated heterocycles. The van der Waals surface area contributed by atoms with Gasteiger partial charge < -0.3 is 5.73 Å². The summed E-state index contributed by atoms with van der Waals surface area (Å²) in [5, 5.41) is 4.33. The standard InChI is InChI=1S/C21H25NS2/c22-19(11-7-9-17-23-20-13-3-1-4-14-20)12-8-10-18-24-21-15-5-2-6-16-21/h1-6,9-10,13-19H,7-8,11-12,22H2/b17-9+,18-10+. The number of thioether (sulfide) groups is 2. The van der Waals surface area contributed by atoms with Crippen LogP contribution in [0, 0.1) is 0 Å². The molecule has 0 amide bonds. The normalized spacial score (nSPS) is 11.8. The number of hydrogen-bond donors (Lipinski definition) is 1. The highest BCUT2D eigenvalue weighted by atomic mass is 32.2. The van der Waals surface area contributed by atoms with E-state index in [1.807, 2.05) is 12.1 Å². The molecule has 0 radical (unpaired) electrons. The number of benzene rings is 2. The highest BCUT2D eigenvalue weighted by Gasteiger charge is 1.99. The van der Waals surface area contributed by atoms with Crippen LogP contribution in [0.2, 0.25) is 0 Å². The lowest BCUT2D eigenvalue weighted by Gasteiger charge is -2.07. The van der Waals surface area contributed by atoms with E-state index in [9.17, 15) is 0 Å². The molecule has 0 aromatic heterocycles. The minimum absolute atomic E-state index is 0.280. The van der Waals surface area contributed by atoms with Crippen LogP contribution in [-0.2, 0) is 0 Å². The zero-order valence-electron chi connectivity index (χ0n) is 13.9. The predicted octanol–water partition coefficient (Wildman–Crippen LogP) is 6.49. The molecule has 0 atom stereocenters. The van der Waals surface area contributed by atoms with Gasteiger partial charge in [0.15, 0.2) is 0 Å². The van der Waals surface area contributed by atoms with Crippen LogP contribution in [0.1, 0.15) is 25.7 Å². The maximum atomic E-state index is 6.18. The first-order valence-corrected chi connectivity index (χ1v) is 10.1. The third-order valence-corrected chi connectivity index (χ3v) is 5.24. The minimum atomic E-state index is 0.280. The SMILES string of the molecule is NC(CC/C=C/Sc1ccccc1)CC/C=C/Sc1ccccc1. The second-order valence-electron chi connectivity index (χ2n) is 5.52. The lowest BCUT2D eigenvalue weighted by atomic mass is 10.1. The third-order valence-electron chi connectivity index (χ3n) is 3.50. The van der Waals surface area contributed by atoms with Crippen molar-refractivity contribution in [3.63, 3.8) is 0 Å². The van der Waals surface area contributed by atoms with Crippen LogP contribution in [0.4, 0.5) is 0 Å². The fourth-order valence-corrected chi connectivity index (χ4v) is 3.56. The van der Waals surface area contributed by atoms with Crippen molar-refractivity contribution in [2.24, 2.45) is 5.73 Å². The van der Waals surface area contributed by atoms with Gasteiger partial charge in [-0.15, -0.1) is 0 Å². The zero-order chi connectivity index (χ0) is 16.9. The van der Waals surface area contributed by atoms with E-state index in [0.29, 0.717) is 0 Å². The number of hydrogen-bond acceptors (Lipinski definition) is 3. The molecule has 24 heavy (non-hydrogen) atoms. The van der Waals surface area contributed by atoms with E-state index < -0.39 is 0 Å². The van der Waals surface area contributed by atoms with Crippen LogP contribution in [0.3, 0.4) is 0 Å². The molecule has 0 aliphatic carbocycles. The zero-order valence-corrected chi connectivity index (χ0v) is 15.5. The van der Waals surface area contributed by atoms with Gasteiger partial charge in [0.2, 0.25) is 0 Å². The summed E-state index contributed by atoms with van der Waals surface area (Å²) in [5.74, 6) is 0. The minimum Gasteiger partial charge on any atom is -0.328 e.